The first-order valence-corrected chi connectivity index (χ1v) is 5.31. The number of anilines is 1. The van der Waals surface area contributed by atoms with Crippen molar-refractivity contribution in [2.75, 3.05) is 5.43 Å². The SMILES string of the molecule is N#Cc1nccn1Cc1ccc([N+](=O)[O-])c(NN)c1. The third-order valence-corrected chi connectivity index (χ3v) is 2.58. The fourth-order valence-electron chi connectivity index (χ4n) is 1.70. The van der Waals surface area contributed by atoms with E-state index in [0.717, 1.165) is 5.56 Å². The van der Waals surface area contributed by atoms with Gasteiger partial charge in [-0.15, -0.1) is 0 Å². The molecule has 8 nitrogen and oxygen atoms in total. The van der Waals surface area contributed by atoms with Gasteiger partial charge >= 0.3 is 0 Å². The zero-order valence-electron chi connectivity index (χ0n) is 9.78. The lowest BCUT2D eigenvalue weighted by molar-refractivity contribution is -0.384. The summed E-state index contributed by atoms with van der Waals surface area (Å²) in [6.07, 6.45) is 3.18. The highest BCUT2D eigenvalue weighted by Crippen LogP contribution is 2.24. The molecule has 1 aromatic heterocycles. The molecule has 0 unspecified atom stereocenters. The summed E-state index contributed by atoms with van der Waals surface area (Å²) in [6.45, 7) is 0.384. The Morgan fingerprint density at radius 1 is 1.58 bits per heavy atom. The lowest BCUT2D eigenvalue weighted by Crippen LogP contribution is -2.10. The van der Waals surface area contributed by atoms with E-state index >= 15 is 0 Å². The van der Waals surface area contributed by atoms with Gasteiger partial charge in [-0.1, -0.05) is 6.07 Å². The Morgan fingerprint density at radius 3 is 3.00 bits per heavy atom. The van der Waals surface area contributed by atoms with Gasteiger partial charge in [-0.2, -0.15) is 5.26 Å². The van der Waals surface area contributed by atoms with Gasteiger partial charge in [0, 0.05) is 25.0 Å². The van der Waals surface area contributed by atoms with Crippen LogP contribution in [-0.2, 0) is 6.54 Å². The molecular formula is C11H10N6O2. The summed E-state index contributed by atoms with van der Waals surface area (Å²) in [7, 11) is 0. The number of nitrogens with two attached hydrogens (primary N) is 1. The minimum Gasteiger partial charge on any atom is -0.318 e. The molecule has 19 heavy (non-hydrogen) atoms. The van der Waals surface area contributed by atoms with Crippen molar-refractivity contribution in [2.24, 2.45) is 5.84 Å². The number of hydrogen-bond acceptors (Lipinski definition) is 6. The minimum absolute atomic E-state index is 0.0996. The van der Waals surface area contributed by atoms with Crippen LogP contribution >= 0.6 is 0 Å². The lowest BCUT2D eigenvalue weighted by Gasteiger charge is -2.07. The van der Waals surface area contributed by atoms with Gasteiger partial charge in [0.1, 0.15) is 11.8 Å². The summed E-state index contributed by atoms with van der Waals surface area (Å²) < 4.78 is 1.64. The number of hydrazine groups is 1. The van der Waals surface area contributed by atoms with E-state index in [0.29, 0.717) is 6.54 Å². The van der Waals surface area contributed by atoms with Gasteiger partial charge in [-0.05, 0) is 11.6 Å². The van der Waals surface area contributed by atoms with Gasteiger partial charge in [0.2, 0.25) is 5.82 Å². The van der Waals surface area contributed by atoms with E-state index in [4.69, 9.17) is 11.1 Å². The Hall–Kier alpha value is -2.92. The Bertz CT molecular complexity index is 657. The first-order chi connectivity index (χ1) is 9.15. The molecule has 0 spiro atoms. The third kappa shape index (κ3) is 2.51. The molecule has 2 rings (SSSR count). The van der Waals surface area contributed by atoms with Crippen LogP contribution in [0.3, 0.4) is 0 Å². The van der Waals surface area contributed by atoms with Crippen molar-refractivity contribution in [1.82, 2.24) is 9.55 Å². The third-order valence-electron chi connectivity index (χ3n) is 2.58. The molecular weight excluding hydrogens is 248 g/mol. The number of nitro benzene ring substituents is 1. The molecule has 0 aliphatic heterocycles. The van der Waals surface area contributed by atoms with Crippen molar-refractivity contribution in [3.05, 3.63) is 52.1 Å². The van der Waals surface area contributed by atoms with Gasteiger partial charge in [0.05, 0.1) is 4.92 Å². The van der Waals surface area contributed by atoms with Crippen molar-refractivity contribution >= 4 is 11.4 Å². The predicted octanol–water partition coefficient (Wildman–Crippen LogP) is 0.997. The van der Waals surface area contributed by atoms with Crippen LogP contribution in [0.5, 0.6) is 0 Å². The lowest BCUT2D eigenvalue weighted by atomic mass is 10.1. The van der Waals surface area contributed by atoms with E-state index < -0.39 is 4.92 Å². The normalized spacial score (nSPS) is 9.89. The maximum Gasteiger partial charge on any atom is 0.293 e. The summed E-state index contributed by atoms with van der Waals surface area (Å²) in [5, 5.41) is 19.6. The monoisotopic (exact) mass is 258 g/mol. The summed E-state index contributed by atoms with van der Waals surface area (Å²) in [4.78, 5) is 14.1. The molecule has 0 radical (unpaired) electrons. The quantitative estimate of drug-likeness (QED) is 0.479. The summed E-state index contributed by atoms with van der Waals surface area (Å²) in [5.74, 6) is 5.54. The van der Waals surface area contributed by atoms with Gasteiger partial charge in [0.25, 0.3) is 5.69 Å². The van der Waals surface area contributed by atoms with Crippen LogP contribution in [0.25, 0.3) is 0 Å². The molecule has 0 saturated heterocycles. The standard InChI is InChI=1S/C11H10N6O2/c12-6-11-14-3-4-16(11)7-8-1-2-10(17(18)19)9(5-8)15-13/h1-5,15H,7,13H2. The Kier molecular flexibility index (Phi) is 3.40. The molecule has 0 aliphatic carbocycles. The first kappa shape index (κ1) is 12.5. The molecule has 8 heteroatoms. The Morgan fingerprint density at radius 2 is 2.37 bits per heavy atom. The maximum atomic E-state index is 10.8. The number of imidazole rings is 1. The van der Waals surface area contributed by atoms with Gasteiger partial charge in [-0.3, -0.25) is 16.0 Å². The average Bonchev–Trinajstić information content (AvgIpc) is 2.85. The zero-order valence-corrected chi connectivity index (χ0v) is 9.78. The number of nitriles is 1. The number of rotatable bonds is 4. The second-order valence-corrected chi connectivity index (χ2v) is 3.74. The summed E-state index contributed by atoms with van der Waals surface area (Å²) in [6, 6.07) is 6.51. The average molecular weight is 258 g/mol. The van der Waals surface area contributed by atoms with Crippen LogP contribution in [-0.4, -0.2) is 14.5 Å². The van der Waals surface area contributed by atoms with Crippen LogP contribution in [0.4, 0.5) is 11.4 Å². The molecule has 0 saturated carbocycles. The second-order valence-electron chi connectivity index (χ2n) is 3.74. The number of nitro groups is 1. The number of aromatic nitrogens is 2. The minimum atomic E-state index is -0.517. The molecule has 96 valence electrons. The molecule has 1 heterocycles. The topological polar surface area (TPSA) is 123 Å². The predicted molar refractivity (Wildman–Crippen MR) is 67.0 cm³/mol. The van der Waals surface area contributed by atoms with Crippen molar-refractivity contribution < 1.29 is 4.92 Å². The van der Waals surface area contributed by atoms with Crippen LogP contribution in [0.2, 0.25) is 0 Å². The molecule has 0 aliphatic rings. The number of nitrogen functional groups attached to an aromatic ring is 1. The van der Waals surface area contributed by atoms with Crippen LogP contribution < -0.4 is 11.3 Å². The van der Waals surface area contributed by atoms with E-state index in [2.05, 4.69) is 10.4 Å². The largest absolute Gasteiger partial charge is 0.318 e. The van der Waals surface area contributed by atoms with Crippen LogP contribution in [0.1, 0.15) is 11.4 Å². The van der Waals surface area contributed by atoms with Crippen molar-refractivity contribution in [1.29, 1.82) is 5.26 Å². The molecule has 2 aromatic rings. The van der Waals surface area contributed by atoms with E-state index in [1.165, 1.54) is 12.3 Å². The first-order valence-electron chi connectivity index (χ1n) is 5.31. The number of hydrogen-bond donors (Lipinski definition) is 2. The van der Waals surface area contributed by atoms with E-state index in [-0.39, 0.29) is 17.2 Å². The van der Waals surface area contributed by atoms with Crippen molar-refractivity contribution in [3.63, 3.8) is 0 Å². The molecule has 0 atom stereocenters. The highest BCUT2D eigenvalue weighted by molar-refractivity contribution is 5.62. The highest BCUT2D eigenvalue weighted by atomic mass is 16.6. The van der Waals surface area contributed by atoms with Gasteiger partial charge in [-0.25, -0.2) is 4.98 Å². The molecule has 0 amide bonds. The molecule has 1 aromatic carbocycles. The second kappa shape index (κ2) is 5.16. The Balaban J connectivity index is 2.32. The molecule has 3 N–H and O–H groups in total. The van der Waals surface area contributed by atoms with Crippen LogP contribution in [0.15, 0.2) is 30.6 Å². The number of benzene rings is 1. The Labute approximate surface area is 108 Å². The number of nitrogens with one attached hydrogen (secondary N) is 1. The zero-order chi connectivity index (χ0) is 13.8. The number of nitrogens with zero attached hydrogens (tertiary/aromatic N) is 4. The van der Waals surface area contributed by atoms with E-state index in [1.54, 1.807) is 22.9 Å². The molecule has 0 fully saturated rings. The van der Waals surface area contributed by atoms with Crippen LogP contribution in [0, 0.1) is 21.4 Å². The highest BCUT2D eigenvalue weighted by Gasteiger charge is 2.13. The van der Waals surface area contributed by atoms with Gasteiger partial charge < -0.3 is 9.99 Å². The van der Waals surface area contributed by atoms with E-state index in [1.807, 2.05) is 6.07 Å². The fourth-order valence-corrected chi connectivity index (χ4v) is 1.70. The fraction of sp³-hybridized carbons (Fsp3) is 0.0909. The maximum absolute atomic E-state index is 10.8. The summed E-state index contributed by atoms with van der Waals surface area (Å²) >= 11 is 0. The van der Waals surface area contributed by atoms with Crippen molar-refractivity contribution in [2.45, 2.75) is 6.54 Å². The summed E-state index contributed by atoms with van der Waals surface area (Å²) in [5.41, 5.74) is 3.19. The van der Waals surface area contributed by atoms with Gasteiger partial charge in [0.15, 0.2) is 0 Å². The molecule has 0 bridgehead atoms. The smallest absolute Gasteiger partial charge is 0.293 e. The van der Waals surface area contributed by atoms with Crippen molar-refractivity contribution in [3.8, 4) is 6.07 Å². The van der Waals surface area contributed by atoms with E-state index in [9.17, 15) is 10.1 Å².